The zero-order valence-corrected chi connectivity index (χ0v) is 22.4. The van der Waals surface area contributed by atoms with Crippen molar-refractivity contribution in [2.75, 3.05) is 6.54 Å². The van der Waals surface area contributed by atoms with Gasteiger partial charge >= 0.3 is 0 Å². The number of β-amino-alcohol motifs (C(OH)–C–C–N with tert-alkyl or cyclic N) is 1. The summed E-state index contributed by atoms with van der Waals surface area (Å²) in [7, 11) is 1.76. The molecule has 2 aliphatic heterocycles. The number of thiazole rings is 1. The predicted molar refractivity (Wildman–Crippen MR) is 140 cm³/mol. The fourth-order valence-corrected chi connectivity index (χ4v) is 6.01. The molecule has 37 heavy (non-hydrogen) atoms. The number of hydrogen-bond donors (Lipinski definition) is 2. The lowest BCUT2D eigenvalue weighted by molar-refractivity contribution is -0.134. The number of aliphatic imine (C=N–C) groups is 1. The van der Waals surface area contributed by atoms with Gasteiger partial charge in [0.15, 0.2) is 0 Å². The van der Waals surface area contributed by atoms with Gasteiger partial charge in [0.05, 0.1) is 39.8 Å². The van der Waals surface area contributed by atoms with E-state index in [0.717, 1.165) is 21.7 Å². The number of aliphatic hydroxyl groups excluding tert-OH is 1. The quantitative estimate of drug-likeness (QED) is 0.510. The van der Waals surface area contributed by atoms with Crippen molar-refractivity contribution in [3.8, 4) is 10.4 Å². The van der Waals surface area contributed by atoms with E-state index in [4.69, 9.17) is 0 Å². The minimum absolute atomic E-state index is 0.0336. The number of carbonyl (C=O) groups is 2. The number of nitrogens with one attached hydrogen (secondary N) is 1. The second-order valence-electron chi connectivity index (χ2n) is 10.3. The summed E-state index contributed by atoms with van der Waals surface area (Å²) in [5.74, 6) is -0.636. The van der Waals surface area contributed by atoms with Crippen molar-refractivity contribution < 1.29 is 14.7 Å². The minimum Gasteiger partial charge on any atom is -0.391 e. The van der Waals surface area contributed by atoms with Crippen LogP contribution in [0.4, 0.5) is 0 Å². The highest BCUT2D eigenvalue weighted by Crippen LogP contribution is 2.34. The van der Waals surface area contributed by atoms with Gasteiger partial charge in [-0.15, -0.1) is 16.4 Å². The topological polar surface area (TPSA) is 126 Å². The predicted octanol–water partition coefficient (Wildman–Crippen LogP) is 2.39. The summed E-state index contributed by atoms with van der Waals surface area (Å²) >= 11 is 1.58. The van der Waals surface area contributed by atoms with Gasteiger partial charge in [0, 0.05) is 26.2 Å². The average Bonchev–Trinajstić information content (AvgIpc) is 3.62. The number of carbonyl (C=O) groups excluding carboxylic acids is 2. The van der Waals surface area contributed by atoms with Crippen LogP contribution < -0.4 is 5.32 Å². The molecule has 0 spiro atoms. The van der Waals surface area contributed by atoms with Crippen molar-refractivity contribution in [3.05, 3.63) is 52.9 Å². The second-order valence-corrected chi connectivity index (χ2v) is 11.2. The summed E-state index contributed by atoms with van der Waals surface area (Å²) < 4.78 is 1.57. The maximum absolute atomic E-state index is 13.8. The van der Waals surface area contributed by atoms with E-state index < -0.39 is 23.6 Å². The van der Waals surface area contributed by atoms with Crippen molar-refractivity contribution in [3.63, 3.8) is 0 Å². The van der Waals surface area contributed by atoms with Crippen LogP contribution in [0.3, 0.4) is 0 Å². The molecule has 11 heteroatoms. The van der Waals surface area contributed by atoms with Gasteiger partial charge in [0.2, 0.25) is 5.91 Å². The Morgan fingerprint density at radius 1 is 1.27 bits per heavy atom. The van der Waals surface area contributed by atoms with Crippen LogP contribution in [0.5, 0.6) is 0 Å². The van der Waals surface area contributed by atoms with Gasteiger partial charge in [-0.05, 0) is 30.9 Å². The van der Waals surface area contributed by atoms with Gasteiger partial charge in [-0.25, -0.2) is 4.98 Å². The van der Waals surface area contributed by atoms with E-state index in [1.54, 1.807) is 41.1 Å². The van der Waals surface area contributed by atoms with Crippen molar-refractivity contribution >= 4 is 29.0 Å². The number of aromatic nitrogens is 4. The molecular formula is C26H31N7O3S. The highest BCUT2D eigenvalue weighted by atomic mass is 32.1. The molecule has 2 N–H and O–H groups in total. The Kier molecular flexibility index (Phi) is 6.45. The number of benzene rings is 1. The smallest absolute Gasteiger partial charge is 0.277 e. The first-order valence-electron chi connectivity index (χ1n) is 12.4. The molecule has 3 aromatic rings. The van der Waals surface area contributed by atoms with Crippen LogP contribution >= 0.6 is 11.3 Å². The summed E-state index contributed by atoms with van der Waals surface area (Å²) in [6, 6.07) is 7.28. The van der Waals surface area contributed by atoms with Crippen LogP contribution in [-0.2, 0) is 22.2 Å². The number of rotatable bonds is 6. The molecule has 1 fully saturated rings. The summed E-state index contributed by atoms with van der Waals surface area (Å²) in [5, 5.41) is 22.0. The molecule has 4 heterocycles. The molecule has 0 aliphatic carbocycles. The number of hydrogen-bond acceptors (Lipinski definition) is 8. The third-order valence-electron chi connectivity index (χ3n) is 7.25. The van der Waals surface area contributed by atoms with E-state index in [-0.39, 0.29) is 24.3 Å². The van der Waals surface area contributed by atoms with Crippen LogP contribution in [0.1, 0.15) is 50.1 Å². The lowest BCUT2D eigenvalue weighted by Gasteiger charge is -2.31. The molecule has 194 valence electrons. The van der Waals surface area contributed by atoms with Gasteiger partial charge < -0.3 is 15.3 Å². The molecule has 1 aromatic carbocycles. The highest BCUT2D eigenvalue weighted by Gasteiger charge is 2.48. The number of amides is 2. The number of aryl methyl sites for hydroxylation is 2. The second kappa shape index (κ2) is 9.46. The summed E-state index contributed by atoms with van der Waals surface area (Å²) in [4.78, 5) is 38.4. The van der Waals surface area contributed by atoms with Gasteiger partial charge in [-0.2, -0.15) is 4.99 Å². The molecule has 1 saturated heterocycles. The third kappa shape index (κ3) is 4.46. The maximum Gasteiger partial charge on any atom is 0.277 e. The van der Waals surface area contributed by atoms with Crippen LogP contribution in [-0.4, -0.2) is 66.3 Å². The molecular weight excluding hydrogens is 490 g/mol. The van der Waals surface area contributed by atoms with Crippen molar-refractivity contribution in [1.29, 1.82) is 0 Å². The lowest BCUT2D eigenvalue weighted by Crippen LogP contribution is -2.51. The number of aliphatic hydroxyl groups is 1. The van der Waals surface area contributed by atoms with Crippen molar-refractivity contribution in [2.24, 2.45) is 18.0 Å². The van der Waals surface area contributed by atoms with E-state index >= 15 is 0 Å². The largest absolute Gasteiger partial charge is 0.391 e. The Hall–Kier alpha value is -3.44. The monoisotopic (exact) mass is 521 g/mol. The minimum atomic E-state index is -1.07. The molecule has 4 atom stereocenters. The normalized spacial score (nSPS) is 24.5. The van der Waals surface area contributed by atoms with E-state index in [1.807, 2.05) is 50.5 Å². The molecule has 2 amide bonds. The highest BCUT2D eigenvalue weighted by molar-refractivity contribution is 7.13. The fraction of sp³-hybridized carbons (Fsp3) is 0.462. The molecule has 10 nitrogen and oxygen atoms in total. The molecule has 0 saturated carbocycles. The zero-order chi connectivity index (χ0) is 26.5. The van der Waals surface area contributed by atoms with Crippen LogP contribution in [0, 0.1) is 12.8 Å². The fourth-order valence-electron chi connectivity index (χ4n) is 5.20. The maximum atomic E-state index is 13.8. The molecule has 0 unspecified atom stereocenters. The van der Waals surface area contributed by atoms with Crippen LogP contribution in [0.25, 0.3) is 10.4 Å². The van der Waals surface area contributed by atoms with Gasteiger partial charge in [0.1, 0.15) is 11.4 Å². The first kappa shape index (κ1) is 25.2. The van der Waals surface area contributed by atoms with E-state index in [2.05, 4.69) is 25.6 Å². The first-order chi connectivity index (χ1) is 17.6. The van der Waals surface area contributed by atoms with Crippen molar-refractivity contribution in [1.82, 2.24) is 30.2 Å². The Morgan fingerprint density at radius 3 is 2.59 bits per heavy atom. The molecule has 5 rings (SSSR count). The SMILES string of the molecule is Cc1ncsc1-c1ccc([C@]2(C)NC([C@@H]3C[C@@H](O)CN3C(=O)[C@@H](c3cn(C)nn3)C(C)C)=NC2=O)cc1. The van der Waals surface area contributed by atoms with E-state index in [9.17, 15) is 14.7 Å². The Labute approximate surface area is 219 Å². The summed E-state index contributed by atoms with van der Waals surface area (Å²) in [6.07, 6.45) is 1.33. The van der Waals surface area contributed by atoms with Gasteiger partial charge in [0.25, 0.3) is 5.91 Å². The van der Waals surface area contributed by atoms with Crippen molar-refractivity contribution in [2.45, 2.75) is 57.7 Å². The van der Waals surface area contributed by atoms with Crippen LogP contribution in [0.15, 0.2) is 41.0 Å². The first-order valence-corrected chi connectivity index (χ1v) is 13.2. The Balaban J connectivity index is 1.39. The number of likely N-dealkylation sites (tertiary alicyclic amines) is 1. The summed E-state index contributed by atoms with van der Waals surface area (Å²) in [5.41, 5.74) is 4.12. The molecule has 0 bridgehead atoms. The molecule has 2 aromatic heterocycles. The van der Waals surface area contributed by atoms with E-state index in [0.29, 0.717) is 18.0 Å². The Bertz CT molecular complexity index is 1360. The summed E-state index contributed by atoms with van der Waals surface area (Å²) in [6.45, 7) is 7.86. The van der Waals surface area contributed by atoms with Crippen LogP contribution in [0.2, 0.25) is 0 Å². The average molecular weight is 522 g/mol. The number of amidine groups is 1. The third-order valence-corrected chi connectivity index (χ3v) is 8.22. The van der Waals surface area contributed by atoms with Gasteiger partial charge in [-0.1, -0.05) is 43.3 Å². The van der Waals surface area contributed by atoms with Gasteiger partial charge in [-0.3, -0.25) is 14.3 Å². The lowest BCUT2D eigenvalue weighted by atomic mass is 9.90. The zero-order valence-electron chi connectivity index (χ0n) is 21.5. The Morgan fingerprint density at radius 2 is 2.00 bits per heavy atom. The molecule has 2 aliphatic rings. The molecule has 0 radical (unpaired) electrons. The standard InChI is InChI=1S/C26H31N7O3S/c1-14(2)21(19-12-32(5)31-30-19)24(35)33-11-18(34)10-20(33)23-28-25(36)26(4,29-23)17-8-6-16(7-9-17)22-15(3)27-13-37-22/h6-9,12-14,18,20-21,34H,10-11H2,1-5H3,(H,28,29,36)/t18-,20+,21-,26+/m1/s1. The number of nitrogens with zero attached hydrogens (tertiary/aromatic N) is 6. The van der Waals surface area contributed by atoms with E-state index in [1.165, 1.54) is 0 Å².